The van der Waals surface area contributed by atoms with Gasteiger partial charge in [0.15, 0.2) is 6.29 Å². The Morgan fingerprint density at radius 3 is 2.67 bits per heavy atom. The van der Waals surface area contributed by atoms with Crippen molar-refractivity contribution in [2.75, 3.05) is 7.11 Å². The number of carbonyl (C=O) groups excluding carboxylic acids is 1. The van der Waals surface area contributed by atoms with Crippen molar-refractivity contribution >= 4 is 33.0 Å². The number of benzene rings is 2. The predicted molar refractivity (Wildman–Crippen MR) is 63.6 cm³/mol. The van der Waals surface area contributed by atoms with E-state index in [4.69, 9.17) is 4.74 Å². The molecule has 0 aromatic heterocycles. The molecule has 0 fully saturated rings. The molecule has 0 bridgehead atoms. The predicted octanol–water partition coefficient (Wildman–Crippen LogP) is 3.42. The lowest BCUT2D eigenvalue weighted by molar-refractivity contribution is 0.112. The van der Waals surface area contributed by atoms with Gasteiger partial charge in [-0.2, -0.15) is 0 Å². The zero-order valence-corrected chi connectivity index (χ0v) is 9.74. The number of hydrogen-bond acceptors (Lipinski definition) is 2. The third-order valence-corrected chi connectivity index (χ3v) is 3.22. The largest absolute Gasteiger partial charge is 0.496 e. The van der Waals surface area contributed by atoms with Crippen LogP contribution in [-0.2, 0) is 0 Å². The van der Waals surface area contributed by atoms with Crippen LogP contribution in [0.2, 0.25) is 0 Å². The Morgan fingerprint density at radius 2 is 2.00 bits per heavy atom. The Labute approximate surface area is 96.0 Å². The third-order valence-electron chi connectivity index (χ3n) is 2.33. The molecule has 2 aromatic rings. The van der Waals surface area contributed by atoms with E-state index in [2.05, 4.69) is 15.9 Å². The fraction of sp³-hybridized carbons (Fsp3) is 0.0833. The first-order valence-corrected chi connectivity index (χ1v) is 5.27. The molecule has 2 nitrogen and oxygen atoms in total. The van der Waals surface area contributed by atoms with E-state index in [1.165, 1.54) is 0 Å². The van der Waals surface area contributed by atoms with Crippen molar-refractivity contribution in [3.8, 4) is 5.75 Å². The van der Waals surface area contributed by atoms with Crippen LogP contribution in [0.1, 0.15) is 10.4 Å². The highest BCUT2D eigenvalue weighted by Crippen LogP contribution is 2.32. The highest BCUT2D eigenvalue weighted by atomic mass is 79.9. The zero-order chi connectivity index (χ0) is 10.8. The van der Waals surface area contributed by atoms with Crippen LogP contribution in [0.25, 0.3) is 10.8 Å². The summed E-state index contributed by atoms with van der Waals surface area (Å²) in [5, 5.41) is 1.98. The average Bonchev–Trinajstić information content (AvgIpc) is 2.29. The lowest BCUT2D eigenvalue weighted by Crippen LogP contribution is -1.88. The maximum Gasteiger partial charge on any atom is 0.151 e. The number of carbonyl (C=O) groups is 1. The van der Waals surface area contributed by atoms with Crippen molar-refractivity contribution in [1.29, 1.82) is 0 Å². The number of ether oxygens (including phenoxy) is 1. The fourth-order valence-corrected chi connectivity index (χ4v) is 2.15. The molecule has 2 rings (SSSR count). The second kappa shape index (κ2) is 4.03. The van der Waals surface area contributed by atoms with Crippen LogP contribution >= 0.6 is 15.9 Å². The summed E-state index contributed by atoms with van der Waals surface area (Å²) in [4.78, 5) is 10.8. The normalized spacial score (nSPS) is 10.3. The molecule has 0 atom stereocenters. The number of halogens is 1. The zero-order valence-electron chi connectivity index (χ0n) is 8.16. The SMILES string of the molecule is COc1cccc2c(Br)c(C=O)ccc12. The monoisotopic (exact) mass is 264 g/mol. The van der Waals surface area contributed by atoms with Crippen molar-refractivity contribution in [3.05, 3.63) is 40.4 Å². The fourth-order valence-electron chi connectivity index (χ4n) is 1.58. The van der Waals surface area contributed by atoms with Crippen LogP contribution < -0.4 is 4.74 Å². The molecule has 0 N–H and O–H groups in total. The maximum absolute atomic E-state index is 10.8. The van der Waals surface area contributed by atoms with Gasteiger partial charge in [0.05, 0.1) is 7.11 Å². The average molecular weight is 265 g/mol. The van der Waals surface area contributed by atoms with Gasteiger partial charge in [-0.3, -0.25) is 4.79 Å². The summed E-state index contributed by atoms with van der Waals surface area (Å²) in [5.74, 6) is 0.811. The Kier molecular flexibility index (Phi) is 2.73. The van der Waals surface area contributed by atoms with Crippen LogP contribution in [0.4, 0.5) is 0 Å². The van der Waals surface area contributed by atoms with E-state index >= 15 is 0 Å². The Balaban J connectivity index is 2.84. The molecule has 0 saturated heterocycles. The smallest absolute Gasteiger partial charge is 0.151 e. The molecule has 0 aliphatic rings. The minimum Gasteiger partial charge on any atom is -0.496 e. The summed E-state index contributed by atoms with van der Waals surface area (Å²) >= 11 is 3.42. The lowest BCUT2D eigenvalue weighted by atomic mass is 10.1. The molecule has 0 aliphatic heterocycles. The van der Waals surface area contributed by atoms with Crippen LogP contribution in [0, 0.1) is 0 Å². The summed E-state index contributed by atoms with van der Waals surface area (Å²) in [5.41, 5.74) is 0.649. The highest BCUT2D eigenvalue weighted by molar-refractivity contribution is 9.10. The summed E-state index contributed by atoms with van der Waals surface area (Å²) in [7, 11) is 1.64. The van der Waals surface area contributed by atoms with Gasteiger partial charge >= 0.3 is 0 Å². The number of fused-ring (bicyclic) bond motifs is 1. The molecule has 0 saturated carbocycles. The molecule has 0 spiro atoms. The van der Waals surface area contributed by atoms with E-state index in [-0.39, 0.29) is 0 Å². The van der Waals surface area contributed by atoms with E-state index in [9.17, 15) is 4.79 Å². The van der Waals surface area contributed by atoms with Gasteiger partial charge in [-0.15, -0.1) is 0 Å². The quantitative estimate of drug-likeness (QED) is 0.777. The van der Waals surface area contributed by atoms with Crippen LogP contribution in [0.3, 0.4) is 0 Å². The molecule has 76 valence electrons. The van der Waals surface area contributed by atoms with Crippen molar-refractivity contribution in [1.82, 2.24) is 0 Å². The van der Waals surface area contributed by atoms with E-state index in [0.717, 1.165) is 27.3 Å². The van der Waals surface area contributed by atoms with Crippen molar-refractivity contribution < 1.29 is 9.53 Å². The summed E-state index contributed by atoms with van der Waals surface area (Å²) in [6.07, 6.45) is 0.836. The first-order chi connectivity index (χ1) is 7.27. The topological polar surface area (TPSA) is 26.3 Å². The highest BCUT2D eigenvalue weighted by Gasteiger charge is 2.07. The molecule has 0 aliphatic carbocycles. The van der Waals surface area contributed by atoms with Gasteiger partial charge in [0.25, 0.3) is 0 Å². The van der Waals surface area contributed by atoms with Gasteiger partial charge in [-0.1, -0.05) is 12.1 Å². The second-order valence-corrected chi connectivity index (χ2v) is 3.94. The molecule has 0 heterocycles. The van der Waals surface area contributed by atoms with E-state index < -0.39 is 0 Å². The van der Waals surface area contributed by atoms with Gasteiger partial charge in [-0.25, -0.2) is 0 Å². The van der Waals surface area contributed by atoms with Crippen molar-refractivity contribution in [2.45, 2.75) is 0 Å². The van der Waals surface area contributed by atoms with Gasteiger partial charge in [-0.05, 0) is 34.1 Å². The maximum atomic E-state index is 10.8. The van der Waals surface area contributed by atoms with E-state index in [1.54, 1.807) is 13.2 Å². The Hall–Kier alpha value is -1.35. The third kappa shape index (κ3) is 1.63. The Bertz CT molecular complexity index is 520. The molecule has 3 heteroatoms. The summed E-state index contributed by atoms with van der Waals surface area (Å²) in [6.45, 7) is 0. The van der Waals surface area contributed by atoms with Crippen molar-refractivity contribution in [3.63, 3.8) is 0 Å². The van der Waals surface area contributed by atoms with Crippen LogP contribution in [0.5, 0.6) is 5.75 Å². The van der Waals surface area contributed by atoms with Crippen molar-refractivity contribution in [2.24, 2.45) is 0 Å². The molecule has 15 heavy (non-hydrogen) atoms. The van der Waals surface area contributed by atoms with Crippen LogP contribution in [-0.4, -0.2) is 13.4 Å². The first kappa shape index (κ1) is 10.2. The number of hydrogen-bond donors (Lipinski definition) is 0. The molecule has 0 amide bonds. The minimum atomic E-state index is 0.649. The second-order valence-electron chi connectivity index (χ2n) is 3.14. The molecular weight excluding hydrogens is 256 g/mol. The Morgan fingerprint density at radius 1 is 1.20 bits per heavy atom. The summed E-state index contributed by atoms with van der Waals surface area (Å²) < 4.78 is 6.06. The molecule has 0 radical (unpaired) electrons. The number of methoxy groups -OCH3 is 1. The standard InChI is InChI=1S/C12H9BrO2/c1-15-11-4-2-3-10-9(11)6-5-8(7-14)12(10)13/h2-7H,1H3. The number of rotatable bonds is 2. The van der Waals surface area contributed by atoms with E-state index in [0.29, 0.717) is 5.56 Å². The number of aldehydes is 1. The van der Waals surface area contributed by atoms with Gasteiger partial charge < -0.3 is 4.74 Å². The lowest BCUT2D eigenvalue weighted by Gasteiger charge is -2.07. The van der Waals surface area contributed by atoms with Gasteiger partial charge in [0.1, 0.15) is 5.75 Å². The van der Waals surface area contributed by atoms with Gasteiger partial charge in [0.2, 0.25) is 0 Å². The summed E-state index contributed by atoms with van der Waals surface area (Å²) in [6, 6.07) is 9.43. The molecule has 2 aromatic carbocycles. The minimum absolute atomic E-state index is 0.649. The van der Waals surface area contributed by atoms with E-state index in [1.807, 2.05) is 24.3 Å². The van der Waals surface area contributed by atoms with Gasteiger partial charge in [0, 0.05) is 20.8 Å². The molecule has 0 unspecified atom stereocenters. The molecular formula is C12H9BrO2. The van der Waals surface area contributed by atoms with Crippen LogP contribution in [0.15, 0.2) is 34.8 Å². The first-order valence-electron chi connectivity index (χ1n) is 4.48.